The van der Waals surface area contributed by atoms with E-state index in [2.05, 4.69) is 0 Å². The number of benzene rings is 1. The summed E-state index contributed by atoms with van der Waals surface area (Å²) >= 11 is 0. The highest BCUT2D eigenvalue weighted by Crippen LogP contribution is 2.13. The van der Waals surface area contributed by atoms with Crippen LogP contribution in [-0.4, -0.2) is 44.1 Å². The van der Waals surface area contributed by atoms with Crippen molar-refractivity contribution in [1.29, 1.82) is 0 Å². The van der Waals surface area contributed by atoms with Gasteiger partial charge in [-0.2, -0.15) is 0 Å². The molecule has 0 bridgehead atoms. The number of rotatable bonds is 9. The molecule has 0 heterocycles. The van der Waals surface area contributed by atoms with E-state index in [0.29, 0.717) is 11.4 Å². The first-order valence-corrected chi connectivity index (χ1v) is 6.05. The Bertz CT molecular complexity index is 366. The van der Waals surface area contributed by atoms with Gasteiger partial charge in [0, 0.05) is 5.69 Å². The van der Waals surface area contributed by atoms with Gasteiger partial charge in [0.25, 0.3) is 0 Å². The molecule has 0 spiro atoms. The number of carbonyl (C=O) groups is 1. The molecule has 0 radical (unpaired) electrons. The van der Waals surface area contributed by atoms with E-state index in [-0.39, 0.29) is 45.4 Å². The molecule has 1 aromatic rings. The maximum atomic E-state index is 11.3. The second-order valence-corrected chi connectivity index (χ2v) is 3.72. The zero-order chi connectivity index (χ0) is 13.9. The van der Waals surface area contributed by atoms with Crippen molar-refractivity contribution in [2.45, 2.75) is 6.42 Å². The second-order valence-electron chi connectivity index (χ2n) is 3.72. The smallest absolute Gasteiger partial charge is 0.309 e. The average Bonchev–Trinajstić information content (AvgIpc) is 2.41. The fourth-order valence-corrected chi connectivity index (χ4v) is 1.27. The second kappa shape index (κ2) is 9.18. The van der Waals surface area contributed by atoms with Crippen molar-refractivity contribution in [2.24, 2.45) is 0 Å². The number of carbonyl (C=O) groups excluding carboxylic acids is 1. The predicted molar refractivity (Wildman–Crippen MR) is 69.8 cm³/mol. The topological polar surface area (TPSA) is 91.0 Å². The van der Waals surface area contributed by atoms with Gasteiger partial charge in [-0.3, -0.25) is 4.79 Å². The Morgan fingerprint density at radius 1 is 1.11 bits per heavy atom. The standard InChI is InChI=1S/C13H19NO5/c14-11-1-3-12(4-2-11)18-7-5-13(16)19-10-9-17-8-6-15/h1-4,15H,5-10,14H2. The Balaban J connectivity index is 2.05. The molecule has 6 nitrogen and oxygen atoms in total. The molecule has 1 rings (SSSR count). The van der Waals surface area contributed by atoms with E-state index in [4.69, 9.17) is 25.1 Å². The van der Waals surface area contributed by atoms with Crippen LogP contribution in [-0.2, 0) is 14.3 Å². The van der Waals surface area contributed by atoms with Crippen LogP contribution in [0.4, 0.5) is 5.69 Å². The van der Waals surface area contributed by atoms with Crippen molar-refractivity contribution in [1.82, 2.24) is 0 Å². The lowest BCUT2D eigenvalue weighted by Crippen LogP contribution is -2.14. The summed E-state index contributed by atoms with van der Waals surface area (Å²) in [4.78, 5) is 11.3. The van der Waals surface area contributed by atoms with Crippen molar-refractivity contribution >= 4 is 11.7 Å². The van der Waals surface area contributed by atoms with E-state index in [1.807, 2.05) is 0 Å². The van der Waals surface area contributed by atoms with Crippen LogP contribution in [0.3, 0.4) is 0 Å². The van der Waals surface area contributed by atoms with Crippen molar-refractivity contribution in [3.63, 3.8) is 0 Å². The number of hydrogen-bond acceptors (Lipinski definition) is 6. The number of nitrogens with two attached hydrogens (primary N) is 1. The van der Waals surface area contributed by atoms with Crippen LogP contribution < -0.4 is 10.5 Å². The number of nitrogen functional groups attached to an aromatic ring is 1. The molecule has 106 valence electrons. The minimum Gasteiger partial charge on any atom is -0.493 e. The van der Waals surface area contributed by atoms with Crippen molar-refractivity contribution in [3.05, 3.63) is 24.3 Å². The van der Waals surface area contributed by atoms with E-state index in [0.717, 1.165) is 0 Å². The van der Waals surface area contributed by atoms with Gasteiger partial charge in [-0.15, -0.1) is 0 Å². The highest BCUT2D eigenvalue weighted by molar-refractivity contribution is 5.69. The van der Waals surface area contributed by atoms with E-state index < -0.39 is 0 Å². The third-order valence-corrected chi connectivity index (χ3v) is 2.18. The summed E-state index contributed by atoms with van der Waals surface area (Å²) in [6.07, 6.45) is 0.171. The largest absolute Gasteiger partial charge is 0.493 e. The molecule has 0 atom stereocenters. The van der Waals surface area contributed by atoms with Crippen LogP contribution in [0, 0.1) is 0 Å². The molecule has 0 fully saturated rings. The van der Waals surface area contributed by atoms with E-state index in [9.17, 15) is 4.79 Å². The fourth-order valence-electron chi connectivity index (χ4n) is 1.27. The predicted octanol–water partition coefficient (Wildman–Crippen LogP) is 0.590. The summed E-state index contributed by atoms with van der Waals surface area (Å²) in [5, 5.41) is 8.46. The van der Waals surface area contributed by atoms with Gasteiger partial charge in [-0.1, -0.05) is 0 Å². The molecule has 0 aliphatic rings. The number of hydrogen-bond donors (Lipinski definition) is 2. The van der Waals surface area contributed by atoms with Gasteiger partial charge >= 0.3 is 5.97 Å². The van der Waals surface area contributed by atoms with Gasteiger partial charge in [-0.25, -0.2) is 0 Å². The number of esters is 1. The normalized spacial score (nSPS) is 10.2. The van der Waals surface area contributed by atoms with Crippen LogP contribution in [0.15, 0.2) is 24.3 Å². The monoisotopic (exact) mass is 269 g/mol. The van der Waals surface area contributed by atoms with Gasteiger partial charge < -0.3 is 25.1 Å². The van der Waals surface area contributed by atoms with Gasteiger partial charge in [0.2, 0.25) is 0 Å². The third kappa shape index (κ3) is 7.28. The third-order valence-electron chi connectivity index (χ3n) is 2.18. The number of anilines is 1. The van der Waals surface area contributed by atoms with Gasteiger partial charge in [0.1, 0.15) is 12.4 Å². The molecular formula is C13H19NO5. The summed E-state index contributed by atoms with van der Waals surface area (Å²) in [6, 6.07) is 6.94. The van der Waals surface area contributed by atoms with E-state index in [1.54, 1.807) is 24.3 Å². The van der Waals surface area contributed by atoms with Crippen LogP contribution in [0.25, 0.3) is 0 Å². The van der Waals surface area contributed by atoms with Gasteiger partial charge in [0.05, 0.1) is 32.8 Å². The maximum absolute atomic E-state index is 11.3. The Hall–Kier alpha value is -1.79. The molecule has 19 heavy (non-hydrogen) atoms. The molecule has 0 saturated carbocycles. The summed E-state index contributed by atoms with van der Waals surface area (Å²) in [7, 11) is 0. The Kier molecular flexibility index (Phi) is 7.38. The van der Waals surface area contributed by atoms with Crippen LogP contribution in [0.1, 0.15) is 6.42 Å². The first-order chi connectivity index (χ1) is 9.22. The number of ether oxygens (including phenoxy) is 3. The highest BCUT2D eigenvalue weighted by atomic mass is 16.6. The first-order valence-electron chi connectivity index (χ1n) is 6.05. The molecule has 0 aromatic heterocycles. The highest BCUT2D eigenvalue weighted by Gasteiger charge is 2.03. The lowest BCUT2D eigenvalue weighted by Gasteiger charge is -2.07. The number of aliphatic hydroxyl groups is 1. The van der Waals surface area contributed by atoms with Gasteiger partial charge in [-0.05, 0) is 24.3 Å². The van der Waals surface area contributed by atoms with E-state index in [1.165, 1.54) is 0 Å². The van der Waals surface area contributed by atoms with Crippen molar-refractivity contribution in [3.8, 4) is 5.75 Å². The van der Waals surface area contributed by atoms with Crippen LogP contribution in [0.5, 0.6) is 5.75 Å². The lowest BCUT2D eigenvalue weighted by atomic mass is 10.3. The Morgan fingerprint density at radius 3 is 2.53 bits per heavy atom. The minimum atomic E-state index is -0.344. The minimum absolute atomic E-state index is 0.0383. The maximum Gasteiger partial charge on any atom is 0.309 e. The van der Waals surface area contributed by atoms with Crippen LogP contribution >= 0.6 is 0 Å². The quantitative estimate of drug-likeness (QED) is 0.387. The molecule has 1 aromatic carbocycles. The first kappa shape index (κ1) is 15.3. The molecule has 3 N–H and O–H groups in total. The fraction of sp³-hybridized carbons (Fsp3) is 0.462. The molecule has 6 heteroatoms. The Labute approximate surface area is 112 Å². The zero-order valence-corrected chi connectivity index (χ0v) is 10.7. The van der Waals surface area contributed by atoms with Crippen LogP contribution in [0.2, 0.25) is 0 Å². The molecule has 0 unspecified atom stereocenters. The average molecular weight is 269 g/mol. The molecule has 0 amide bonds. The summed E-state index contributed by atoms with van der Waals surface area (Å²) in [5.74, 6) is 0.316. The zero-order valence-electron chi connectivity index (χ0n) is 10.7. The van der Waals surface area contributed by atoms with E-state index >= 15 is 0 Å². The van der Waals surface area contributed by atoms with Crippen molar-refractivity contribution < 1.29 is 24.1 Å². The molecule has 0 aliphatic heterocycles. The van der Waals surface area contributed by atoms with Crippen molar-refractivity contribution in [2.75, 3.05) is 38.8 Å². The van der Waals surface area contributed by atoms with Gasteiger partial charge in [0.15, 0.2) is 0 Å². The number of aliphatic hydroxyl groups excluding tert-OH is 1. The molecular weight excluding hydrogens is 250 g/mol. The molecule has 0 aliphatic carbocycles. The lowest BCUT2D eigenvalue weighted by molar-refractivity contribution is -0.145. The summed E-state index contributed by atoms with van der Waals surface area (Å²) in [5.41, 5.74) is 6.20. The summed E-state index contributed by atoms with van der Waals surface area (Å²) < 4.78 is 15.2. The molecule has 0 saturated heterocycles. The SMILES string of the molecule is Nc1ccc(OCCC(=O)OCCOCCO)cc1. The summed E-state index contributed by atoms with van der Waals surface area (Å²) in [6.45, 7) is 0.924. The Morgan fingerprint density at radius 2 is 1.84 bits per heavy atom.